The summed E-state index contributed by atoms with van der Waals surface area (Å²) in [5.41, 5.74) is 27.6. The zero-order valence-corrected chi connectivity index (χ0v) is 87.0. The van der Waals surface area contributed by atoms with Gasteiger partial charge in [-0.15, -0.1) is 327 Å². The van der Waals surface area contributed by atoms with Crippen LogP contribution in [-0.2, 0) is 142 Å². The van der Waals surface area contributed by atoms with Crippen molar-refractivity contribution in [2.24, 2.45) is 0 Å². The summed E-state index contributed by atoms with van der Waals surface area (Å²) in [6, 6.07) is 152. The smallest absolute Gasteiger partial charge is 0.345 e. The van der Waals surface area contributed by atoms with Crippen LogP contribution in [0.25, 0.3) is 113 Å². The fourth-order valence-corrected chi connectivity index (χ4v) is 15.4. The van der Waals surface area contributed by atoms with Crippen LogP contribution in [0.15, 0.2) is 401 Å². The van der Waals surface area contributed by atoms with Gasteiger partial charge in [0.1, 0.15) is 5.78 Å². The van der Waals surface area contributed by atoms with Gasteiger partial charge in [0.05, 0.1) is 17.3 Å². The van der Waals surface area contributed by atoms with Crippen LogP contribution in [-0.4, -0.2) is 55.6 Å². The Bertz CT molecular complexity index is 7350. The molecule has 139 heavy (non-hydrogen) atoms. The molecule has 0 radical (unpaired) electrons. The van der Waals surface area contributed by atoms with Crippen molar-refractivity contribution in [3.8, 4) is 113 Å². The largest absolute Gasteiger partial charge is 2.00 e. The van der Waals surface area contributed by atoms with E-state index < -0.39 is 17.4 Å². The van der Waals surface area contributed by atoms with Crippen molar-refractivity contribution in [3.63, 3.8) is 0 Å². The van der Waals surface area contributed by atoms with Gasteiger partial charge in [-0.25, -0.2) is 0 Å². The van der Waals surface area contributed by atoms with Gasteiger partial charge in [-0.1, -0.05) is 160 Å². The van der Waals surface area contributed by atoms with E-state index in [-0.39, 0.29) is 139 Å². The molecular weight excluding hydrogens is 2620 g/mol. The second-order valence-corrected chi connectivity index (χ2v) is 32.6. The summed E-state index contributed by atoms with van der Waals surface area (Å²) in [5.74, 6) is -2.52. The molecular formula is C121H86F2N10OPt5. The Balaban J connectivity index is 0.000000154. The summed E-state index contributed by atoms with van der Waals surface area (Å²) >= 11 is 0. The van der Waals surface area contributed by atoms with Crippen molar-refractivity contribution in [2.75, 3.05) is 0 Å². The zero-order valence-electron chi connectivity index (χ0n) is 75.7. The number of benzene rings is 10. The van der Waals surface area contributed by atoms with Crippen LogP contribution in [0.5, 0.6) is 0 Å². The van der Waals surface area contributed by atoms with Gasteiger partial charge in [-0.3, -0.25) is 33.7 Å². The van der Waals surface area contributed by atoms with Crippen LogP contribution in [0.1, 0.15) is 99.9 Å². The number of hydrogen-bond donors (Lipinski definition) is 0. The number of hydrogen-bond acceptors (Lipinski definition) is 11. The Morgan fingerprint density at radius 3 is 1.12 bits per heavy atom. The van der Waals surface area contributed by atoms with Gasteiger partial charge < -0.3 is 29.7 Å². The van der Waals surface area contributed by atoms with Gasteiger partial charge in [0, 0.05) is 64.6 Å². The van der Waals surface area contributed by atoms with Crippen LogP contribution < -0.4 is 0 Å². The maximum atomic E-state index is 14.5. The van der Waals surface area contributed by atoms with Crippen molar-refractivity contribution < 1.29 is 119 Å². The van der Waals surface area contributed by atoms with Gasteiger partial charge in [-0.2, -0.15) is 0 Å². The molecule has 0 saturated heterocycles. The van der Waals surface area contributed by atoms with Crippen molar-refractivity contribution in [1.29, 1.82) is 0 Å². The standard InChI is InChI=1S/C26H20N2.C25H20N2.C24H18N2.C23H12F2N2O.C23H16N2.5Pt/c1-26(2,24-10-6-7-15-27-24)21-13-11-19-16-20-12-14-23(18-8-4-3-5-9-18)28-25(20)22(19)17-21;1-25(2,24-16-6-7-17-26-24)21-13-8-12-20(18-21)23-15-9-14-22(27-23)19-10-4-3-5-11-19;1-2-9-20(10-3-1)23-13-7-14-24(26-23)21-11-6-8-19(18-21)15-16-22-12-4-5-17-25-22;24-18-14-19(25)17(23(28)22-9-4-5-12-26-22)13-16(18)21-11-6-10-20(27-21)15-7-2-1-3-8-15;1-2-9-19(10-3-1)22-13-7-14-23(25-22)20-11-6-8-18(16-20)17-21-12-4-5-15-24-21;;;;;/h3-8,10-15H,16H2,1-2H3;3-10,12-17H,1-2H3;1-9,11-14,17H,15-16H2;1-7,9-12,14H;1-9,11-15H,17H2;;;;;/q5*-2;5*+2. The van der Waals surface area contributed by atoms with Gasteiger partial charge in [0.25, 0.3) is 0 Å². The van der Waals surface area contributed by atoms with Gasteiger partial charge in [0.15, 0.2) is 0 Å². The number of aryl methyl sites for hydroxylation is 2. The molecule has 10 heterocycles. The SMILES string of the molecule is CC(C)(c1[c-]c(-c2cccc(-c3[c-]cccc3)n2)ccc1)c1ccccn1.CC(C)(c1[c-]c2c(cc1)Cc1ccc(-c3[c-]cccc3)nc1-2)c1ccccn1.O=C(c1ccccn1)c1[c-]c(-c2cccc(-c3[c-]cccc3)n2)c(F)cc1F.[Pt+2].[Pt+2].[Pt+2].[Pt+2].[Pt+2].[c-]1ccccc1-c1cccc(-c2[c-]c(CCc3ccccn3)ccc2)n1.[c-]1ccccc1-c1cccc(-c2[c-]c(Cc3ccccn3)ccc2)n1. The van der Waals surface area contributed by atoms with Crippen LogP contribution in [0.3, 0.4) is 0 Å². The molecule has 0 spiro atoms. The molecule has 0 fully saturated rings. The number of pyridine rings is 10. The Labute approximate surface area is 883 Å². The number of carbonyl (C=O) groups is 1. The summed E-state index contributed by atoms with van der Waals surface area (Å²) in [6.45, 7) is 8.75. The maximum absolute atomic E-state index is 14.5. The van der Waals surface area contributed by atoms with E-state index >= 15 is 0 Å². The predicted molar refractivity (Wildman–Crippen MR) is 526 cm³/mol. The first-order valence-corrected chi connectivity index (χ1v) is 44.0. The predicted octanol–water partition coefficient (Wildman–Crippen LogP) is 26.5. The van der Waals surface area contributed by atoms with E-state index in [1.54, 1.807) is 36.4 Å². The molecule has 0 amide bonds. The number of fused-ring (bicyclic) bond motifs is 3. The Morgan fingerprint density at radius 1 is 0.295 bits per heavy atom. The fourth-order valence-electron chi connectivity index (χ4n) is 15.4. The zero-order chi connectivity index (χ0) is 91.8. The van der Waals surface area contributed by atoms with Crippen LogP contribution in [0, 0.1) is 72.3 Å². The summed E-state index contributed by atoms with van der Waals surface area (Å²) < 4.78 is 28.8. The quantitative estimate of drug-likeness (QED) is 0.0531. The second kappa shape index (κ2) is 50.8. The van der Waals surface area contributed by atoms with E-state index in [4.69, 9.17) is 19.9 Å². The number of ketones is 1. The summed E-state index contributed by atoms with van der Waals surface area (Å²) in [5, 5.41) is 0. The van der Waals surface area contributed by atoms with Gasteiger partial charge in [0.2, 0.25) is 0 Å². The molecule has 1 aliphatic rings. The topological polar surface area (TPSA) is 146 Å². The average molecular weight is 2710 g/mol. The number of nitrogens with zero attached hydrogens (tertiary/aromatic N) is 10. The van der Waals surface area contributed by atoms with Gasteiger partial charge >= 0.3 is 105 Å². The van der Waals surface area contributed by atoms with E-state index in [2.05, 4.69) is 209 Å². The molecule has 10 aromatic carbocycles. The van der Waals surface area contributed by atoms with Crippen molar-refractivity contribution >= 4 is 5.78 Å². The van der Waals surface area contributed by atoms with E-state index in [1.165, 1.54) is 29.0 Å². The molecule has 18 heteroatoms. The van der Waals surface area contributed by atoms with E-state index in [9.17, 15) is 13.6 Å². The minimum absolute atomic E-state index is 0. The first kappa shape index (κ1) is 105. The van der Waals surface area contributed by atoms with Crippen molar-refractivity contribution in [1.82, 2.24) is 49.8 Å². The van der Waals surface area contributed by atoms with Crippen LogP contribution in [0.2, 0.25) is 0 Å². The normalized spacial score (nSPS) is 10.7. The molecule has 0 atom stereocenters. The molecule has 0 aliphatic heterocycles. The van der Waals surface area contributed by atoms with Crippen molar-refractivity contribution in [3.05, 3.63) is 541 Å². The number of carbonyl (C=O) groups excluding carboxylic acids is 1. The fraction of sp³-hybridized carbons (Fsp3) is 0.0826. The number of halogens is 2. The Hall–Kier alpha value is -13.3. The van der Waals surface area contributed by atoms with Crippen LogP contribution >= 0.6 is 0 Å². The molecule has 20 aromatic rings. The minimum Gasteiger partial charge on any atom is -0.345 e. The molecule has 0 bridgehead atoms. The Morgan fingerprint density at radius 2 is 0.669 bits per heavy atom. The molecule has 21 rings (SSSR count). The van der Waals surface area contributed by atoms with Crippen LogP contribution in [0.4, 0.5) is 8.78 Å². The Kier molecular flexibility index (Phi) is 38.2. The molecule has 11 nitrogen and oxygen atoms in total. The average Bonchev–Trinajstić information content (AvgIpc) is 1.61. The molecule has 0 unspecified atom stereocenters. The molecule has 0 N–H and O–H groups in total. The molecule has 0 saturated carbocycles. The summed E-state index contributed by atoms with van der Waals surface area (Å²) in [4.78, 5) is 58.2. The number of aromatic nitrogens is 10. The number of rotatable bonds is 20. The van der Waals surface area contributed by atoms with E-state index in [1.807, 2.05) is 255 Å². The second-order valence-electron chi connectivity index (χ2n) is 32.6. The molecule has 10 aromatic heterocycles. The first-order chi connectivity index (χ1) is 65.7. The molecule has 1 aliphatic carbocycles. The third-order valence-electron chi connectivity index (χ3n) is 22.7. The maximum Gasteiger partial charge on any atom is 2.00 e. The summed E-state index contributed by atoms with van der Waals surface area (Å²) in [6.07, 6.45) is 12.3. The minimum atomic E-state index is -0.996. The third-order valence-corrected chi connectivity index (χ3v) is 22.7. The van der Waals surface area contributed by atoms with Crippen molar-refractivity contribution in [2.45, 2.75) is 64.2 Å². The van der Waals surface area contributed by atoms with E-state index in [0.29, 0.717) is 11.8 Å². The van der Waals surface area contributed by atoms with Gasteiger partial charge in [-0.05, 0) is 149 Å². The molecule has 690 valence electrons. The first-order valence-electron chi connectivity index (χ1n) is 44.0. The van der Waals surface area contributed by atoms with E-state index in [0.717, 1.165) is 161 Å². The summed E-state index contributed by atoms with van der Waals surface area (Å²) in [7, 11) is 0. The third kappa shape index (κ3) is 27.0. The monoisotopic (exact) mass is 2710 g/mol.